The van der Waals surface area contributed by atoms with Gasteiger partial charge in [0.05, 0.1) is 0 Å². The number of anilines is 1. The summed E-state index contributed by atoms with van der Waals surface area (Å²) < 4.78 is 0. The van der Waals surface area contributed by atoms with E-state index in [0.717, 1.165) is 17.7 Å². The molecule has 2 N–H and O–H groups in total. The van der Waals surface area contributed by atoms with Gasteiger partial charge in [-0.05, 0) is 42.7 Å². The average Bonchev–Trinajstić information content (AvgIpc) is 2.34. The van der Waals surface area contributed by atoms with Crippen molar-refractivity contribution in [1.29, 1.82) is 0 Å². The second-order valence-electron chi connectivity index (χ2n) is 3.79. The number of allylic oxidation sites excluding steroid dienone is 2. The number of nitrogens with two attached hydrogens (primary N) is 1. The van der Waals surface area contributed by atoms with Crippen LogP contribution >= 0.6 is 0 Å². The Morgan fingerprint density at radius 1 is 1.35 bits per heavy atom. The number of hydrogen-bond donors (Lipinski definition) is 1. The first kappa shape index (κ1) is 12.9. The van der Waals surface area contributed by atoms with Gasteiger partial charge in [-0.25, -0.2) is 0 Å². The molecule has 0 radical (unpaired) electrons. The van der Waals surface area contributed by atoms with Gasteiger partial charge in [0.1, 0.15) is 0 Å². The Morgan fingerprint density at radius 2 is 2.18 bits per heavy atom. The predicted octanol–water partition coefficient (Wildman–Crippen LogP) is 3.15. The molecular weight excluding hydrogens is 206 g/mol. The summed E-state index contributed by atoms with van der Waals surface area (Å²) in [6, 6.07) is 5.97. The van der Waals surface area contributed by atoms with E-state index in [1.807, 2.05) is 12.1 Å². The standard InChI is InChI=1S/C16H17N/c1-3-5-7-8-9-14-11-12-15(10-6-4-2)16(17)13-14/h1,5,7,11-13H,4,6,10,17H2,2H3/b7-5-. The van der Waals surface area contributed by atoms with Gasteiger partial charge in [-0.1, -0.05) is 37.2 Å². The zero-order chi connectivity index (χ0) is 12.5. The maximum absolute atomic E-state index is 5.97. The lowest BCUT2D eigenvalue weighted by Gasteiger charge is -2.04. The summed E-state index contributed by atoms with van der Waals surface area (Å²) in [5, 5.41) is 0. The van der Waals surface area contributed by atoms with Crippen molar-refractivity contribution in [1.82, 2.24) is 0 Å². The van der Waals surface area contributed by atoms with Gasteiger partial charge < -0.3 is 5.73 Å². The Hall–Kier alpha value is -2.12. The highest BCUT2D eigenvalue weighted by atomic mass is 14.6. The molecule has 1 aromatic rings. The van der Waals surface area contributed by atoms with E-state index in [2.05, 4.69) is 30.8 Å². The Kier molecular flexibility index (Phi) is 5.49. The summed E-state index contributed by atoms with van der Waals surface area (Å²) in [7, 11) is 0. The zero-order valence-corrected chi connectivity index (χ0v) is 10.2. The molecule has 0 aliphatic heterocycles. The first-order valence-electron chi connectivity index (χ1n) is 5.79. The average molecular weight is 223 g/mol. The van der Waals surface area contributed by atoms with E-state index in [-0.39, 0.29) is 0 Å². The van der Waals surface area contributed by atoms with Crippen LogP contribution in [0, 0.1) is 24.2 Å². The van der Waals surface area contributed by atoms with Crippen molar-refractivity contribution in [3.8, 4) is 24.2 Å². The summed E-state index contributed by atoms with van der Waals surface area (Å²) in [4.78, 5) is 0. The molecular formula is C16H17N. The van der Waals surface area contributed by atoms with Crippen LogP contribution < -0.4 is 5.73 Å². The van der Waals surface area contributed by atoms with E-state index < -0.39 is 0 Å². The molecule has 17 heavy (non-hydrogen) atoms. The fraction of sp³-hybridized carbons (Fsp3) is 0.250. The molecule has 1 heteroatoms. The monoisotopic (exact) mass is 223 g/mol. The van der Waals surface area contributed by atoms with Gasteiger partial charge in [-0.3, -0.25) is 0 Å². The number of benzene rings is 1. The molecule has 0 aliphatic carbocycles. The SMILES string of the molecule is C#C/C=C\C#Cc1ccc(CCCC)c(N)c1. The second kappa shape index (κ2) is 7.20. The minimum atomic E-state index is 0.825. The van der Waals surface area contributed by atoms with E-state index in [1.54, 1.807) is 12.2 Å². The number of nitrogen functional groups attached to an aromatic ring is 1. The van der Waals surface area contributed by atoms with Gasteiger partial charge in [0, 0.05) is 11.3 Å². The molecule has 0 atom stereocenters. The molecule has 86 valence electrons. The highest BCUT2D eigenvalue weighted by molar-refractivity contribution is 5.53. The third kappa shape index (κ3) is 4.49. The molecule has 1 rings (SSSR count). The fourth-order valence-electron chi connectivity index (χ4n) is 1.48. The summed E-state index contributed by atoms with van der Waals surface area (Å²) in [5.74, 6) is 8.24. The molecule has 0 heterocycles. The molecule has 1 aromatic carbocycles. The number of terminal acetylenes is 1. The highest BCUT2D eigenvalue weighted by Crippen LogP contribution is 2.16. The Bertz CT molecular complexity index is 492. The Morgan fingerprint density at radius 3 is 2.82 bits per heavy atom. The Balaban J connectivity index is 2.77. The normalized spacial score (nSPS) is 9.65. The minimum Gasteiger partial charge on any atom is -0.398 e. The predicted molar refractivity (Wildman–Crippen MR) is 74.3 cm³/mol. The molecule has 0 amide bonds. The lowest BCUT2D eigenvalue weighted by atomic mass is 10.0. The van der Waals surface area contributed by atoms with Gasteiger partial charge >= 0.3 is 0 Å². The van der Waals surface area contributed by atoms with Gasteiger partial charge in [-0.2, -0.15) is 0 Å². The zero-order valence-electron chi connectivity index (χ0n) is 10.2. The van der Waals surface area contributed by atoms with Crippen molar-refractivity contribution in [3.05, 3.63) is 41.5 Å². The number of aryl methyl sites for hydroxylation is 1. The molecule has 0 unspecified atom stereocenters. The van der Waals surface area contributed by atoms with Crippen molar-refractivity contribution < 1.29 is 0 Å². The van der Waals surface area contributed by atoms with Crippen LogP contribution in [0.4, 0.5) is 5.69 Å². The summed E-state index contributed by atoms with van der Waals surface area (Å²) >= 11 is 0. The van der Waals surface area contributed by atoms with Crippen LogP contribution in [0.5, 0.6) is 0 Å². The van der Waals surface area contributed by atoms with Crippen LogP contribution in [0.15, 0.2) is 30.4 Å². The third-order valence-corrected chi connectivity index (χ3v) is 2.42. The maximum Gasteiger partial charge on any atom is 0.0359 e. The third-order valence-electron chi connectivity index (χ3n) is 2.42. The van der Waals surface area contributed by atoms with Gasteiger partial charge in [0.25, 0.3) is 0 Å². The van der Waals surface area contributed by atoms with Crippen LogP contribution in [0.3, 0.4) is 0 Å². The molecule has 0 aromatic heterocycles. The van der Waals surface area contributed by atoms with E-state index in [4.69, 9.17) is 12.2 Å². The number of unbranched alkanes of at least 4 members (excludes halogenated alkanes) is 1. The van der Waals surface area contributed by atoms with Gasteiger partial charge in [0.2, 0.25) is 0 Å². The van der Waals surface area contributed by atoms with E-state index in [1.165, 1.54) is 18.4 Å². The van der Waals surface area contributed by atoms with E-state index in [9.17, 15) is 0 Å². The molecule has 0 saturated carbocycles. The molecule has 0 fully saturated rings. The molecule has 0 aliphatic rings. The van der Waals surface area contributed by atoms with Crippen LogP contribution in [0.25, 0.3) is 0 Å². The second-order valence-corrected chi connectivity index (χ2v) is 3.79. The van der Waals surface area contributed by atoms with Gasteiger partial charge in [0.15, 0.2) is 0 Å². The topological polar surface area (TPSA) is 26.0 Å². The molecule has 1 nitrogen and oxygen atoms in total. The van der Waals surface area contributed by atoms with Crippen molar-refractivity contribution in [3.63, 3.8) is 0 Å². The first-order chi connectivity index (χ1) is 8.27. The first-order valence-corrected chi connectivity index (χ1v) is 5.79. The Labute approximate surface area is 104 Å². The summed E-state index contributed by atoms with van der Waals surface area (Å²) in [5.41, 5.74) is 8.93. The van der Waals surface area contributed by atoms with Crippen LogP contribution in [0.2, 0.25) is 0 Å². The maximum atomic E-state index is 5.97. The smallest absolute Gasteiger partial charge is 0.0359 e. The molecule has 0 saturated heterocycles. The largest absolute Gasteiger partial charge is 0.398 e. The van der Waals surface area contributed by atoms with Crippen LogP contribution in [-0.4, -0.2) is 0 Å². The van der Waals surface area contributed by atoms with Crippen molar-refractivity contribution in [2.45, 2.75) is 26.2 Å². The number of hydrogen-bond acceptors (Lipinski definition) is 1. The molecule has 0 bridgehead atoms. The summed E-state index contributed by atoms with van der Waals surface area (Å²) in [6.45, 7) is 2.17. The van der Waals surface area contributed by atoms with E-state index in [0.29, 0.717) is 0 Å². The lowest BCUT2D eigenvalue weighted by Crippen LogP contribution is -1.95. The van der Waals surface area contributed by atoms with Crippen LogP contribution in [-0.2, 0) is 6.42 Å². The number of rotatable bonds is 3. The van der Waals surface area contributed by atoms with Crippen LogP contribution in [0.1, 0.15) is 30.9 Å². The minimum absolute atomic E-state index is 0.825. The van der Waals surface area contributed by atoms with Gasteiger partial charge in [-0.15, -0.1) is 6.42 Å². The quantitative estimate of drug-likeness (QED) is 0.618. The van der Waals surface area contributed by atoms with E-state index >= 15 is 0 Å². The van der Waals surface area contributed by atoms with Crippen molar-refractivity contribution in [2.75, 3.05) is 5.73 Å². The fourth-order valence-corrected chi connectivity index (χ4v) is 1.48. The van der Waals surface area contributed by atoms with Crippen molar-refractivity contribution in [2.24, 2.45) is 0 Å². The van der Waals surface area contributed by atoms with Crippen molar-refractivity contribution >= 4 is 5.69 Å². The molecule has 0 spiro atoms. The highest BCUT2D eigenvalue weighted by Gasteiger charge is 1.98. The summed E-state index contributed by atoms with van der Waals surface area (Å²) in [6.07, 6.45) is 11.7. The lowest BCUT2D eigenvalue weighted by molar-refractivity contribution is 0.796.